The molecule has 0 aliphatic carbocycles. The normalized spacial score (nSPS) is 15.4. The van der Waals surface area contributed by atoms with Gasteiger partial charge >= 0.3 is 0 Å². The Morgan fingerprint density at radius 1 is 1.21 bits per heavy atom. The van der Waals surface area contributed by atoms with Crippen LogP contribution in [0.4, 0.5) is 20.3 Å². The summed E-state index contributed by atoms with van der Waals surface area (Å²) < 4.78 is 33.0. The number of rotatable bonds is 4. The van der Waals surface area contributed by atoms with Crippen molar-refractivity contribution in [2.75, 3.05) is 17.7 Å². The smallest absolute Gasteiger partial charge is 0.249 e. The Balaban J connectivity index is 1.64. The van der Waals surface area contributed by atoms with Crippen LogP contribution in [0.2, 0.25) is 0 Å². The van der Waals surface area contributed by atoms with Gasteiger partial charge in [0.2, 0.25) is 11.8 Å². The van der Waals surface area contributed by atoms with E-state index in [0.29, 0.717) is 17.1 Å². The molecule has 2 N–H and O–H groups in total. The van der Waals surface area contributed by atoms with Crippen molar-refractivity contribution >= 4 is 23.3 Å². The molecule has 9 heteroatoms. The zero-order valence-corrected chi connectivity index (χ0v) is 15.3. The highest BCUT2D eigenvalue weighted by Crippen LogP contribution is 2.35. The highest BCUT2D eigenvalue weighted by molar-refractivity contribution is 6.03. The maximum Gasteiger partial charge on any atom is 0.249 e. The number of aromatic nitrogens is 2. The van der Waals surface area contributed by atoms with Crippen LogP contribution < -0.4 is 15.4 Å². The Morgan fingerprint density at radius 2 is 1.97 bits per heavy atom. The molecule has 0 saturated heterocycles. The lowest BCUT2D eigenvalue weighted by molar-refractivity contribution is -0.125. The first-order valence-electron chi connectivity index (χ1n) is 8.74. The number of ether oxygens (including phenoxy) is 1. The summed E-state index contributed by atoms with van der Waals surface area (Å²) in [6, 6.07) is 9.28. The fourth-order valence-electron chi connectivity index (χ4n) is 3.15. The van der Waals surface area contributed by atoms with E-state index < -0.39 is 23.6 Å². The number of methoxy groups -OCH3 is 1. The van der Waals surface area contributed by atoms with E-state index in [-0.39, 0.29) is 18.0 Å². The summed E-state index contributed by atoms with van der Waals surface area (Å²) in [6.07, 6.45) is 1.42. The summed E-state index contributed by atoms with van der Waals surface area (Å²) in [7, 11) is 1.56. The third kappa shape index (κ3) is 3.54. The molecule has 2 aromatic carbocycles. The highest BCUT2D eigenvalue weighted by atomic mass is 19.2. The maximum absolute atomic E-state index is 13.4. The zero-order valence-electron chi connectivity index (χ0n) is 15.3. The van der Waals surface area contributed by atoms with Gasteiger partial charge in [0.15, 0.2) is 11.6 Å². The van der Waals surface area contributed by atoms with Gasteiger partial charge in [-0.2, -0.15) is 5.10 Å². The van der Waals surface area contributed by atoms with Crippen molar-refractivity contribution in [1.82, 2.24) is 9.78 Å². The highest BCUT2D eigenvalue weighted by Gasteiger charge is 2.33. The van der Waals surface area contributed by atoms with E-state index in [1.165, 1.54) is 10.7 Å². The Hall–Kier alpha value is -3.75. The van der Waals surface area contributed by atoms with E-state index in [2.05, 4.69) is 15.7 Å². The average Bonchev–Trinajstić information content (AvgIpc) is 3.13. The van der Waals surface area contributed by atoms with Crippen LogP contribution in [0.15, 0.2) is 48.7 Å². The summed E-state index contributed by atoms with van der Waals surface area (Å²) in [5.74, 6) is -1.93. The van der Waals surface area contributed by atoms with Crippen molar-refractivity contribution in [2.45, 2.75) is 12.5 Å². The Kier molecular flexibility index (Phi) is 4.71. The standard InChI is InChI=1S/C20H16F2N4O3/c1-29-13-5-2-11(3-6-13)14-10-23-26-17(9-18(27)25-19(14)26)20(28)24-12-4-7-15(21)16(22)8-12/h2-8,10,17H,9H2,1H3,(H,24,28)(H,25,27)/t17-/m1/s1. The minimum atomic E-state index is -1.08. The molecule has 0 fully saturated rings. The van der Waals surface area contributed by atoms with Crippen LogP contribution in [0.3, 0.4) is 0 Å². The first-order valence-corrected chi connectivity index (χ1v) is 8.74. The largest absolute Gasteiger partial charge is 0.497 e. The third-order valence-corrected chi connectivity index (χ3v) is 4.62. The number of hydrogen-bond donors (Lipinski definition) is 2. The molecule has 0 radical (unpaired) electrons. The Morgan fingerprint density at radius 3 is 2.66 bits per heavy atom. The lowest BCUT2D eigenvalue weighted by atomic mass is 10.1. The minimum Gasteiger partial charge on any atom is -0.497 e. The van der Waals surface area contributed by atoms with Crippen molar-refractivity contribution in [2.24, 2.45) is 0 Å². The Labute approximate surface area is 164 Å². The number of benzene rings is 2. The molecule has 1 aliphatic rings. The number of nitrogens with zero attached hydrogens (tertiary/aromatic N) is 2. The Bertz CT molecular complexity index is 1100. The summed E-state index contributed by atoms with van der Waals surface area (Å²) >= 11 is 0. The molecule has 7 nitrogen and oxygen atoms in total. The predicted molar refractivity (Wildman–Crippen MR) is 101 cm³/mol. The van der Waals surface area contributed by atoms with Gasteiger partial charge in [-0.15, -0.1) is 0 Å². The molecule has 0 unspecified atom stereocenters. The van der Waals surface area contributed by atoms with E-state index in [4.69, 9.17) is 4.74 Å². The number of carbonyl (C=O) groups is 2. The summed E-state index contributed by atoms with van der Waals surface area (Å²) in [4.78, 5) is 24.9. The van der Waals surface area contributed by atoms with E-state index >= 15 is 0 Å². The van der Waals surface area contributed by atoms with Gasteiger partial charge in [0, 0.05) is 17.3 Å². The van der Waals surface area contributed by atoms with E-state index in [0.717, 1.165) is 17.7 Å². The molecule has 29 heavy (non-hydrogen) atoms. The number of halogens is 2. The van der Waals surface area contributed by atoms with Crippen LogP contribution in [0.1, 0.15) is 12.5 Å². The van der Waals surface area contributed by atoms with E-state index in [1.54, 1.807) is 25.4 Å². The zero-order chi connectivity index (χ0) is 20.5. The van der Waals surface area contributed by atoms with Crippen LogP contribution in [-0.2, 0) is 9.59 Å². The average molecular weight is 398 g/mol. The topological polar surface area (TPSA) is 85.2 Å². The molecule has 1 aromatic heterocycles. The molecule has 0 spiro atoms. The number of fused-ring (bicyclic) bond motifs is 1. The van der Waals surface area contributed by atoms with Crippen LogP contribution in [0.5, 0.6) is 5.75 Å². The minimum absolute atomic E-state index is 0.0870. The summed E-state index contributed by atoms with van der Waals surface area (Å²) in [5.41, 5.74) is 1.52. The van der Waals surface area contributed by atoms with E-state index in [9.17, 15) is 18.4 Å². The number of nitrogens with one attached hydrogen (secondary N) is 2. The molecule has 3 aromatic rings. The second-order valence-electron chi connectivity index (χ2n) is 6.47. The van der Waals surface area contributed by atoms with Gasteiger partial charge in [-0.25, -0.2) is 13.5 Å². The van der Waals surface area contributed by atoms with Crippen molar-refractivity contribution < 1.29 is 23.1 Å². The maximum atomic E-state index is 13.4. The first kappa shape index (κ1) is 18.6. The predicted octanol–water partition coefficient (Wildman–Crippen LogP) is 3.36. The van der Waals surface area contributed by atoms with Crippen molar-refractivity contribution in [3.8, 4) is 16.9 Å². The second-order valence-corrected chi connectivity index (χ2v) is 6.47. The molecule has 148 valence electrons. The van der Waals surface area contributed by atoms with Crippen molar-refractivity contribution in [3.63, 3.8) is 0 Å². The summed E-state index contributed by atoms with van der Waals surface area (Å²) in [5, 5.41) is 9.51. The molecular weight excluding hydrogens is 382 g/mol. The van der Waals surface area contributed by atoms with Gasteiger partial charge in [-0.05, 0) is 29.8 Å². The summed E-state index contributed by atoms with van der Waals surface area (Å²) in [6.45, 7) is 0. The fraction of sp³-hybridized carbons (Fsp3) is 0.150. The SMILES string of the molecule is COc1ccc(-c2cnn3c2NC(=O)C[C@@H]3C(=O)Nc2ccc(F)c(F)c2)cc1. The lowest BCUT2D eigenvalue weighted by Crippen LogP contribution is -2.35. The molecule has 1 aliphatic heterocycles. The molecular formula is C20H16F2N4O3. The fourth-order valence-corrected chi connectivity index (χ4v) is 3.15. The van der Waals surface area contributed by atoms with Gasteiger partial charge in [-0.1, -0.05) is 12.1 Å². The van der Waals surface area contributed by atoms with E-state index in [1.807, 2.05) is 12.1 Å². The number of hydrogen-bond acceptors (Lipinski definition) is 4. The van der Waals surface area contributed by atoms with Crippen LogP contribution in [-0.4, -0.2) is 28.7 Å². The second kappa shape index (κ2) is 7.34. The molecule has 1 atom stereocenters. The van der Waals surface area contributed by atoms with Crippen molar-refractivity contribution in [3.05, 3.63) is 60.3 Å². The van der Waals surface area contributed by atoms with Crippen LogP contribution >= 0.6 is 0 Å². The van der Waals surface area contributed by atoms with Gasteiger partial charge < -0.3 is 15.4 Å². The molecule has 0 saturated carbocycles. The quantitative estimate of drug-likeness (QED) is 0.706. The van der Waals surface area contributed by atoms with Crippen LogP contribution in [0, 0.1) is 11.6 Å². The van der Waals surface area contributed by atoms with Gasteiger partial charge in [0.25, 0.3) is 0 Å². The molecule has 2 heterocycles. The molecule has 4 rings (SSSR count). The third-order valence-electron chi connectivity index (χ3n) is 4.62. The van der Waals surface area contributed by atoms with Crippen molar-refractivity contribution in [1.29, 1.82) is 0 Å². The molecule has 2 amide bonds. The van der Waals surface area contributed by atoms with Gasteiger partial charge in [0.05, 0.1) is 19.7 Å². The monoisotopic (exact) mass is 398 g/mol. The first-order chi connectivity index (χ1) is 14.0. The molecule has 0 bridgehead atoms. The lowest BCUT2D eigenvalue weighted by Gasteiger charge is -2.24. The van der Waals surface area contributed by atoms with Gasteiger partial charge in [-0.3, -0.25) is 9.59 Å². The van der Waals surface area contributed by atoms with Crippen LogP contribution in [0.25, 0.3) is 11.1 Å². The van der Waals surface area contributed by atoms with Gasteiger partial charge in [0.1, 0.15) is 17.6 Å². The number of amides is 2. The number of anilines is 2. The number of carbonyl (C=O) groups excluding carboxylic acids is 2.